The van der Waals surface area contributed by atoms with Crippen molar-refractivity contribution in [2.75, 3.05) is 13.7 Å². The molecule has 1 saturated heterocycles. The van der Waals surface area contributed by atoms with Crippen LogP contribution in [0.4, 0.5) is 4.39 Å². The van der Waals surface area contributed by atoms with Gasteiger partial charge >= 0.3 is 5.97 Å². The topological polar surface area (TPSA) is 38.3 Å². The number of piperidine rings is 1. The summed E-state index contributed by atoms with van der Waals surface area (Å²) >= 11 is 0. The summed E-state index contributed by atoms with van der Waals surface area (Å²) in [7, 11) is 1.40. The molecule has 1 heterocycles. The van der Waals surface area contributed by atoms with Crippen LogP contribution < -0.4 is 5.32 Å². The van der Waals surface area contributed by atoms with Crippen LogP contribution in [0.15, 0.2) is 24.3 Å². The number of carbonyl (C=O) groups is 1. The normalized spacial score (nSPS) is 24.4. The number of rotatable bonds is 2. The maximum Gasteiger partial charge on any atom is 0.322 e. The molecule has 1 aromatic carbocycles. The molecule has 1 aromatic rings. The minimum Gasteiger partial charge on any atom is -0.468 e. The molecule has 92 valence electrons. The van der Waals surface area contributed by atoms with Crippen molar-refractivity contribution in [3.63, 3.8) is 0 Å². The van der Waals surface area contributed by atoms with Gasteiger partial charge < -0.3 is 10.1 Å². The van der Waals surface area contributed by atoms with Gasteiger partial charge in [-0.05, 0) is 36.5 Å². The van der Waals surface area contributed by atoms with Crippen molar-refractivity contribution < 1.29 is 13.9 Å². The van der Waals surface area contributed by atoms with Gasteiger partial charge in [0.25, 0.3) is 0 Å². The smallest absolute Gasteiger partial charge is 0.322 e. The predicted octanol–water partition coefficient (Wildman–Crippen LogP) is 1.83. The van der Waals surface area contributed by atoms with E-state index < -0.39 is 0 Å². The van der Waals surface area contributed by atoms with Crippen LogP contribution in [-0.2, 0) is 9.53 Å². The van der Waals surface area contributed by atoms with Crippen molar-refractivity contribution in [3.05, 3.63) is 35.6 Å². The van der Waals surface area contributed by atoms with Crippen molar-refractivity contribution in [2.45, 2.75) is 24.8 Å². The Kier molecular flexibility index (Phi) is 3.74. The van der Waals surface area contributed by atoms with E-state index in [1.807, 2.05) is 0 Å². The monoisotopic (exact) mass is 237 g/mol. The van der Waals surface area contributed by atoms with E-state index in [0.29, 0.717) is 5.92 Å². The summed E-state index contributed by atoms with van der Waals surface area (Å²) in [6.45, 7) is 0.728. The van der Waals surface area contributed by atoms with E-state index in [4.69, 9.17) is 4.74 Å². The Morgan fingerprint density at radius 2 is 2.06 bits per heavy atom. The van der Waals surface area contributed by atoms with Gasteiger partial charge in [-0.1, -0.05) is 12.1 Å². The minimum absolute atomic E-state index is 0.198. The maximum absolute atomic E-state index is 12.8. The van der Waals surface area contributed by atoms with Gasteiger partial charge in [0.2, 0.25) is 0 Å². The summed E-state index contributed by atoms with van der Waals surface area (Å²) in [5.74, 6) is -0.0796. The number of hydrogen-bond donors (Lipinski definition) is 1. The Balaban J connectivity index is 1.95. The molecule has 0 aromatic heterocycles. The first-order valence-corrected chi connectivity index (χ1v) is 5.77. The molecule has 1 aliphatic rings. The molecule has 0 aliphatic carbocycles. The largest absolute Gasteiger partial charge is 0.468 e. The Morgan fingerprint density at radius 3 is 2.59 bits per heavy atom. The molecule has 17 heavy (non-hydrogen) atoms. The number of benzene rings is 1. The molecular formula is C13H16FNO2. The first-order chi connectivity index (χ1) is 8.20. The standard InChI is InChI=1S/C13H16FNO2/c1-17-13(16)12-7-4-10(8-15-12)9-2-5-11(14)6-3-9/h2-3,5-6,10,12,15H,4,7-8H2,1H3/t10-,12-/m1/s1. The average molecular weight is 237 g/mol. The third-order valence-electron chi connectivity index (χ3n) is 3.24. The van der Waals surface area contributed by atoms with Gasteiger partial charge in [-0.2, -0.15) is 0 Å². The van der Waals surface area contributed by atoms with E-state index in [2.05, 4.69) is 5.32 Å². The number of hydrogen-bond acceptors (Lipinski definition) is 3. The molecule has 0 bridgehead atoms. The summed E-state index contributed by atoms with van der Waals surface area (Å²) in [6.07, 6.45) is 1.67. The Morgan fingerprint density at radius 1 is 1.35 bits per heavy atom. The van der Waals surface area contributed by atoms with Gasteiger partial charge in [0.15, 0.2) is 0 Å². The Hall–Kier alpha value is -1.42. The zero-order valence-corrected chi connectivity index (χ0v) is 9.78. The third-order valence-corrected chi connectivity index (χ3v) is 3.24. The minimum atomic E-state index is -0.218. The summed E-state index contributed by atoms with van der Waals surface area (Å²) in [4.78, 5) is 11.3. The number of carbonyl (C=O) groups excluding carboxylic acids is 1. The number of halogens is 1. The van der Waals surface area contributed by atoms with Crippen molar-refractivity contribution in [1.82, 2.24) is 5.32 Å². The molecule has 0 unspecified atom stereocenters. The zero-order valence-electron chi connectivity index (χ0n) is 9.78. The van der Waals surface area contributed by atoms with Gasteiger partial charge in [0.1, 0.15) is 11.9 Å². The molecule has 1 fully saturated rings. The predicted molar refractivity (Wildman–Crippen MR) is 62.2 cm³/mol. The summed E-state index contributed by atoms with van der Waals surface area (Å²) in [5, 5.41) is 3.16. The van der Waals surface area contributed by atoms with Gasteiger partial charge in [0, 0.05) is 6.54 Å². The molecule has 1 aliphatic heterocycles. The SMILES string of the molecule is COC(=O)[C@H]1CC[C@@H](c2ccc(F)cc2)CN1. The highest BCUT2D eigenvalue weighted by molar-refractivity contribution is 5.75. The average Bonchev–Trinajstić information content (AvgIpc) is 2.39. The van der Waals surface area contributed by atoms with Crippen LogP contribution in [0.1, 0.15) is 24.3 Å². The van der Waals surface area contributed by atoms with Gasteiger partial charge in [-0.3, -0.25) is 4.79 Å². The van der Waals surface area contributed by atoms with Crippen molar-refractivity contribution in [2.24, 2.45) is 0 Å². The fraction of sp³-hybridized carbons (Fsp3) is 0.462. The van der Waals surface area contributed by atoms with Crippen LogP contribution in [0.3, 0.4) is 0 Å². The number of esters is 1. The van der Waals surface area contributed by atoms with Crippen LogP contribution >= 0.6 is 0 Å². The first kappa shape index (κ1) is 12.0. The van der Waals surface area contributed by atoms with E-state index in [-0.39, 0.29) is 17.8 Å². The maximum atomic E-state index is 12.8. The summed E-state index contributed by atoms with van der Waals surface area (Å²) in [6, 6.07) is 6.36. The van der Waals surface area contributed by atoms with Crippen LogP contribution in [0.5, 0.6) is 0 Å². The molecule has 0 saturated carbocycles. The van der Waals surface area contributed by atoms with Gasteiger partial charge in [-0.25, -0.2) is 4.39 Å². The van der Waals surface area contributed by atoms with Crippen LogP contribution in [0.25, 0.3) is 0 Å². The number of ether oxygens (including phenoxy) is 1. The lowest BCUT2D eigenvalue weighted by Gasteiger charge is -2.28. The van der Waals surface area contributed by atoms with E-state index in [0.717, 1.165) is 24.9 Å². The third kappa shape index (κ3) is 2.82. The van der Waals surface area contributed by atoms with Gasteiger partial charge in [-0.15, -0.1) is 0 Å². The quantitative estimate of drug-likeness (QED) is 0.797. The lowest BCUT2D eigenvalue weighted by atomic mass is 9.89. The molecule has 3 nitrogen and oxygen atoms in total. The Labute approximate surface area is 100.0 Å². The summed E-state index contributed by atoms with van der Waals surface area (Å²) < 4.78 is 17.5. The van der Waals surface area contributed by atoms with E-state index in [1.165, 1.54) is 19.2 Å². The summed E-state index contributed by atoms with van der Waals surface area (Å²) in [5.41, 5.74) is 1.11. The molecule has 0 amide bonds. The molecular weight excluding hydrogens is 221 g/mol. The highest BCUT2D eigenvalue weighted by Crippen LogP contribution is 2.25. The molecule has 4 heteroatoms. The van der Waals surface area contributed by atoms with Crippen molar-refractivity contribution in [1.29, 1.82) is 0 Å². The second-order valence-corrected chi connectivity index (χ2v) is 4.31. The lowest BCUT2D eigenvalue weighted by Crippen LogP contribution is -2.43. The molecule has 1 N–H and O–H groups in total. The fourth-order valence-electron chi connectivity index (χ4n) is 2.22. The zero-order chi connectivity index (χ0) is 12.3. The van der Waals surface area contributed by atoms with Crippen LogP contribution in [-0.4, -0.2) is 25.7 Å². The van der Waals surface area contributed by atoms with Crippen LogP contribution in [0, 0.1) is 5.82 Å². The number of methoxy groups -OCH3 is 1. The second-order valence-electron chi connectivity index (χ2n) is 4.31. The molecule has 0 spiro atoms. The van der Waals surface area contributed by atoms with Crippen molar-refractivity contribution >= 4 is 5.97 Å². The number of nitrogens with one attached hydrogen (secondary N) is 1. The highest BCUT2D eigenvalue weighted by Gasteiger charge is 2.26. The van der Waals surface area contributed by atoms with E-state index in [1.54, 1.807) is 12.1 Å². The molecule has 2 atom stereocenters. The van der Waals surface area contributed by atoms with E-state index in [9.17, 15) is 9.18 Å². The molecule has 2 rings (SSSR count). The lowest BCUT2D eigenvalue weighted by molar-refractivity contribution is -0.143. The Bertz CT molecular complexity index is 383. The second kappa shape index (κ2) is 5.27. The van der Waals surface area contributed by atoms with Crippen LogP contribution in [0.2, 0.25) is 0 Å². The van der Waals surface area contributed by atoms with Crippen molar-refractivity contribution in [3.8, 4) is 0 Å². The first-order valence-electron chi connectivity index (χ1n) is 5.77. The molecule has 0 radical (unpaired) electrons. The van der Waals surface area contributed by atoms with Gasteiger partial charge in [0.05, 0.1) is 7.11 Å². The van der Waals surface area contributed by atoms with E-state index >= 15 is 0 Å². The highest BCUT2D eigenvalue weighted by atomic mass is 19.1. The fourth-order valence-corrected chi connectivity index (χ4v) is 2.22.